The quantitative estimate of drug-likeness (QED) is 0.446. The third kappa shape index (κ3) is 4.19. The molecule has 8 nitrogen and oxygen atoms in total. The van der Waals surface area contributed by atoms with E-state index < -0.39 is 19.9 Å². The van der Waals surface area contributed by atoms with Crippen LogP contribution in [0.25, 0.3) is 22.2 Å². The Hall–Kier alpha value is -3.37. The summed E-state index contributed by atoms with van der Waals surface area (Å²) < 4.78 is 52.6. The van der Waals surface area contributed by atoms with Crippen molar-refractivity contribution in [3.05, 3.63) is 66.7 Å². The topological polar surface area (TPSA) is 112 Å². The summed E-state index contributed by atoms with van der Waals surface area (Å²) in [5.41, 5.74) is 3.66. The van der Waals surface area contributed by atoms with E-state index in [9.17, 15) is 16.8 Å². The maximum Gasteiger partial charge on any atom is 0.263 e. The van der Waals surface area contributed by atoms with Gasteiger partial charge in [-0.3, -0.25) is 9.82 Å². The van der Waals surface area contributed by atoms with Gasteiger partial charge in [0.05, 0.1) is 16.1 Å². The minimum atomic E-state index is -4.14. The average molecular weight is 471 g/mol. The van der Waals surface area contributed by atoms with Gasteiger partial charge in [-0.15, -0.1) is 0 Å². The lowest BCUT2D eigenvalue weighted by Crippen LogP contribution is -2.16. The van der Waals surface area contributed by atoms with E-state index in [2.05, 4.69) is 14.9 Å². The number of sulfone groups is 1. The fourth-order valence-electron chi connectivity index (χ4n) is 3.40. The molecular weight excluding hydrogens is 448 g/mol. The molecular formula is C22H22N4O4S2. The summed E-state index contributed by atoms with van der Waals surface area (Å²) in [6.45, 7) is 0. The normalized spacial score (nSPS) is 12.1. The van der Waals surface area contributed by atoms with Gasteiger partial charge >= 0.3 is 0 Å². The number of fused-ring (bicyclic) bond motifs is 1. The summed E-state index contributed by atoms with van der Waals surface area (Å²) in [4.78, 5) is 1.45. The predicted octanol–water partition coefficient (Wildman–Crippen LogP) is 3.50. The molecule has 0 saturated carbocycles. The number of hydrogen-bond acceptors (Lipinski definition) is 6. The van der Waals surface area contributed by atoms with Crippen LogP contribution in [-0.2, 0) is 19.9 Å². The highest BCUT2D eigenvalue weighted by atomic mass is 32.2. The van der Waals surface area contributed by atoms with Crippen LogP contribution in [-0.4, -0.2) is 47.4 Å². The van der Waals surface area contributed by atoms with Crippen LogP contribution in [0.5, 0.6) is 0 Å². The van der Waals surface area contributed by atoms with Gasteiger partial charge in [-0.05, 0) is 42.5 Å². The number of nitrogens with zero attached hydrogens (tertiary/aromatic N) is 2. The smallest absolute Gasteiger partial charge is 0.263 e. The van der Waals surface area contributed by atoms with Crippen LogP contribution in [0.2, 0.25) is 0 Å². The monoisotopic (exact) mass is 470 g/mol. The summed E-state index contributed by atoms with van der Waals surface area (Å²) in [5.74, 6) is 0. The highest BCUT2D eigenvalue weighted by molar-refractivity contribution is 7.95. The van der Waals surface area contributed by atoms with Crippen LogP contribution < -0.4 is 9.62 Å². The van der Waals surface area contributed by atoms with E-state index in [0.29, 0.717) is 11.4 Å². The SMILES string of the molecule is CN(C)c1ccc(-c2n[nH]c3ccc(NS(=O)(=O)c4ccccc4S(C)(=O)=O)cc23)cc1. The lowest BCUT2D eigenvalue weighted by Gasteiger charge is -2.12. The lowest BCUT2D eigenvalue weighted by molar-refractivity contribution is 0.588. The lowest BCUT2D eigenvalue weighted by atomic mass is 10.1. The van der Waals surface area contributed by atoms with Crippen molar-refractivity contribution in [1.82, 2.24) is 10.2 Å². The molecule has 3 aromatic carbocycles. The first-order valence-corrected chi connectivity index (χ1v) is 13.0. The van der Waals surface area contributed by atoms with Crippen molar-refractivity contribution in [2.45, 2.75) is 9.79 Å². The molecule has 0 aliphatic rings. The van der Waals surface area contributed by atoms with Crippen molar-refractivity contribution < 1.29 is 16.8 Å². The molecule has 0 bridgehead atoms. The second-order valence-corrected chi connectivity index (χ2v) is 11.2. The Bertz CT molecular complexity index is 1510. The van der Waals surface area contributed by atoms with Crippen LogP contribution in [0.15, 0.2) is 76.5 Å². The highest BCUT2D eigenvalue weighted by Crippen LogP contribution is 2.31. The first-order valence-electron chi connectivity index (χ1n) is 9.64. The third-order valence-electron chi connectivity index (χ3n) is 5.01. The largest absolute Gasteiger partial charge is 0.378 e. The molecule has 0 radical (unpaired) electrons. The number of H-pyrrole nitrogens is 1. The van der Waals surface area contributed by atoms with Crippen LogP contribution >= 0.6 is 0 Å². The van der Waals surface area contributed by atoms with Gasteiger partial charge < -0.3 is 4.90 Å². The highest BCUT2D eigenvalue weighted by Gasteiger charge is 2.24. The van der Waals surface area contributed by atoms with Gasteiger partial charge in [0.2, 0.25) is 0 Å². The number of hydrogen-bond donors (Lipinski definition) is 2. The Morgan fingerprint density at radius 1 is 0.875 bits per heavy atom. The standard InChI is InChI=1S/C22H22N4O4S2/c1-26(2)17-11-8-15(9-12-17)22-18-14-16(10-13-19(18)23-24-22)25-32(29,30)21-7-5-4-6-20(21)31(3,27)28/h4-14,25H,1-3H3,(H,23,24). The molecule has 0 spiro atoms. The Morgan fingerprint density at radius 2 is 1.53 bits per heavy atom. The van der Waals surface area contributed by atoms with E-state index in [0.717, 1.165) is 28.4 Å². The fourth-order valence-corrected chi connectivity index (χ4v) is 6.08. The summed E-state index contributed by atoms with van der Waals surface area (Å²) in [5, 5.41) is 8.08. The van der Waals surface area contributed by atoms with E-state index in [1.54, 1.807) is 18.2 Å². The van der Waals surface area contributed by atoms with E-state index in [1.165, 1.54) is 24.3 Å². The van der Waals surface area contributed by atoms with Gasteiger partial charge in [-0.2, -0.15) is 5.10 Å². The zero-order chi connectivity index (χ0) is 23.1. The van der Waals surface area contributed by atoms with Crippen molar-refractivity contribution in [1.29, 1.82) is 0 Å². The minimum Gasteiger partial charge on any atom is -0.378 e. The number of anilines is 2. The van der Waals surface area contributed by atoms with Gasteiger partial charge in [-0.1, -0.05) is 24.3 Å². The molecule has 4 rings (SSSR count). The van der Waals surface area contributed by atoms with Crippen molar-refractivity contribution in [2.24, 2.45) is 0 Å². The van der Waals surface area contributed by atoms with Crippen molar-refractivity contribution in [2.75, 3.05) is 30.0 Å². The number of rotatable bonds is 6. The molecule has 1 aromatic heterocycles. The average Bonchev–Trinajstić information content (AvgIpc) is 3.16. The second kappa shape index (κ2) is 7.95. The Kier molecular flexibility index (Phi) is 5.43. The fraction of sp³-hybridized carbons (Fsp3) is 0.136. The molecule has 0 aliphatic heterocycles. The molecule has 4 aromatic rings. The molecule has 10 heteroatoms. The number of benzene rings is 3. The summed E-state index contributed by atoms with van der Waals surface area (Å²) in [7, 11) is -3.95. The van der Waals surface area contributed by atoms with Crippen LogP contribution in [0.3, 0.4) is 0 Å². The summed E-state index contributed by atoms with van der Waals surface area (Å²) in [6.07, 6.45) is 0.979. The van der Waals surface area contributed by atoms with E-state index in [4.69, 9.17) is 0 Å². The molecule has 0 saturated heterocycles. The van der Waals surface area contributed by atoms with E-state index in [1.807, 2.05) is 43.3 Å². The van der Waals surface area contributed by atoms with Gasteiger partial charge in [-0.25, -0.2) is 16.8 Å². The maximum atomic E-state index is 13.0. The first kappa shape index (κ1) is 21.8. The van der Waals surface area contributed by atoms with Crippen LogP contribution in [0.4, 0.5) is 11.4 Å². The molecule has 0 aliphatic carbocycles. The Morgan fingerprint density at radius 3 is 2.16 bits per heavy atom. The van der Waals surface area contributed by atoms with Crippen molar-refractivity contribution >= 4 is 42.1 Å². The Balaban J connectivity index is 1.73. The third-order valence-corrected chi connectivity index (χ3v) is 7.73. The van der Waals surface area contributed by atoms with Crippen molar-refractivity contribution in [3.63, 3.8) is 0 Å². The molecule has 1 heterocycles. The first-order chi connectivity index (χ1) is 15.1. The second-order valence-electron chi connectivity index (χ2n) is 7.60. The summed E-state index contributed by atoms with van der Waals surface area (Å²) >= 11 is 0. The molecule has 32 heavy (non-hydrogen) atoms. The molecule has 0 fully saturated rings. The van der Waals surface area contributed by atoms with Gasteiger partial charge in [0.15, 0.2) is 9.84 Å². The predicted molar refractivity (Wildman–Crippen MR) is 126 cm³/mol. The van der Waals surface area contributed by atoms with Crippen LogP contribution in [0, 0.1) is 0 Å². The maximum absolute atomic E-state index is 13.0. The summed E-state index contributed by atoms with van der Waals surface area (Å²) in [6, 6.07) is 18.4. The minimum absolute atomic E-state index is 0.251. The molecule has 0 unspecified atom stereocenters. The molecule has 0 amide bonds. The molecule has 2 N–H and O–H groups in total. The number of sulfonamides is 1. The zero-order valence-corrected chi connectivity index (χ0v) is 19.3. The number of nitrogens with one attached hydrogen (secondary N) is 2. The van der Waals surface area contributed by atoms with Crippen molar-refractivity contribution in [3.8, 4) is 11.3 Å². The molecule has 0 atom stereocenters. The number of aromatic amines is 1. The Labute approximate surface area is 186 Å². The van der Waals surface area contributed by atoms with Gasteiger partial charge in [0, 0.05) is 42.7 Å². The van der Waals surface area contributed by atoms with Crippen LogP contribution in [0.1, 0.15) is 0 Å². The van der Waals surface area contributed by atoms with Gasteiger partial charge in [0.25, 0.3) is 10.0 Å². The number of aromatic nitrogens is 2. The zero-order valence-electron chi connectivity index (χ0n) is 17.7. The van der Waals surface area contributed by atoms with Gasteiger partial charge in [0.1, 0.15) is 4.90 Å². The van der Waals surface area contributed by atoms with E-state index >= 15 is 0 Å². The molecule has 166 valence electrons. The van der Waals surface area contributed by atoms with E-state index in [-0.39, 0.29) is 9.79 Å².